The van der Waals surface area contributed by atoms with Gasteiger partial charge in [0.2, 0.25) is 0 Å². The van der Waals surface area contributed by atoms with Gasteiger partial charge in [-0.3, -0.25) is 0 Å². The molecular weight excluding hydrogens is 165 g/mol. The van der Waals surface area contributed by atoms with Crippen LogP contribution >= 0.6 is 0 Å². The average Bonchev–Trinajstić information content (AvgIpc) is 2.85. The summed E-state index contributed by atoms with van der Waals surface area (Å²) in [5.74, 6) is 1.18. The molecule has 0 unspecified atom stereocenters. The molecule has 2 rings (SSSR count). The first-order valence-electron chi connectivity index (χ1n) is 4.71. The van der Waals surface area contributed by atoms with Crippen molar-refractivity contribution in [2.45, 2.75) is 12.3 Å². The summed E-state index contributed by atoms with van der Waals surface area (Å²) in [5.41, 5.74) is 1.15. The molecule has 0 saturated heterocycles. The van der Waals surface area contributed by atoms with E-state index in [1.807, 2.05) is 13.1 Å². The molecule has 1 N–H and O–H groups in total. The number of rotatable bonds is 3. The van der Waals surface area contributed by atoms with Crippen LogP contribution in [0, 0.1) is 11.7 Å². The lowest BCUT2D eigenvalue weighted by Gasteiger charge is -1.99. The highest BCUT2D eigenvalue weighted by molar-refractivity contribution is 5.26. The fourth-order valence-electron chi connectivity index (χ4n) is 1.88. The molecule has 1 aliphatic rings. The van der Waals surface area contributed by atoms with Crippen LogP contribution in [0.5, 0.6) is 0 Å². The molecule has 1 aromatic carbocycles. The Labute approximate surface area is 78.0 Å². The number of halogens is 1. The molecule has 0 bridgehead atoms. The molecule has 2 heteroatoms. The van der Waals surface area contributed by atoms with Crippen LogP contribution in [0.1, 0.15) is 17.9 Å². The largest absolute Gasteiger partial charge is 0.319 e. The van der Waals surface area contributed by atoms with Crippen molar-refractivity contribution in [3.63, 3.8) is 0 Å². The van der Waals surface area contributed by atoms with E-state index in [2.05, 4.69) is 5.32 Å². The SMILES string of the molecule is CNC[C@H]1C[C@@H]1c1cccc(F)c1. The molecule has 70 valence electrons. The van der Waals surface area contributed by atoms with Crippen molar-refractivity contribution in [3.8, 4) is 0 Å². The summed E-state index contributed by atoms with van der Waals surface area (Å²) in [6.45, 7) is 1.04. The molecule has 1 fully saturated rings. The Morgan fingerprint density at radius 2 is 2.38 bits per heavy atom. The molecule has 1 nitrogen and oxygen atoms in total. The molecule has 0 radical (unpaired) electrons. The van der Waals surface area contributed by atoms with Gasteiger partial charge in [-0.05, 0) is 49.5 Å². The van der Waals surface area contributed by atoms with E-state index in [1.165, 1.54) is 12.5 Å². The normalized spacial score (nSPS) is 26.0. The van der Waals surface area contributed by atoms with E-state index in [4.69, 9.17) is 0 Å². The first kappa shape index (κ1) is 8.70. The Morgan fingerprint density at radius 1 is 1.54 bits per heavy atom. The summed E-state index contributed by atoms with van der Waals surface area (Å²) in [5, 5.41) is 3.15. The van der Waals surface area contributed by atoms with Crippen molar-refractivity contribution in [2.75, 3.05) is 13.6 Å². The maximum Gasteiger partial charge on any atom is 0.123 e. The molecule has 13 heavy (non-hydrogen) atoms. The predicted octanol–water partition coefficient (Wildman–Crippen LogP) is 2.15. The molecule has 0 heterocycles. The van der Waals surface area contributed by atoms with Crippen LogP contribution in [0.25, 0.3) is 0 Å². The van der Waals surface area contributed by atoms with Gasteiger partial charge in [0.1, 0.15) is 5.82 Å². The number of hydrogen-bond donors (Lipinski definition) is 1. The van der Waals surface area contributed by atoms with Crippen molar-refractivity contribution in [3.05, 3.63) is 35.6 Å². The fourth-order valence-corrected chi connectivity index (χ4v) is 1.88. The van der Waals surface area contributed by atoms with Crippen molar-refractivity contribution in [1.82, 2.24) is 5.32 Å². The zero-order valence-corrected chi connectivity index (χ0v) is 7.76. The first-order chi connectivity index (χ1) is 6.31. The van der Waals surface area contributed by atoms with Gasteiger partial charge in [0, 0.05) is 0 Å². The minimum Gasteiger partial charge on any atom is -0.319 e. The zero-order valence-electron chi connectivity index (χ0n) is 7.76. The summed E-state index contributed by atoms with van der Waals surface area (Å²) in [6, 6.07) is 6.96. The Balaban J connectivity index is 2.03. The molecule has 0 spiro atoms. The molecular formula is C11H14FN. The molecule has 1 aliphatic carbocycles. The molecule has 2 atom stereocenters. The monoisotopic (exact) mass is 179 g/mol. The third-order valence-electron chi connectivity index (χ3n) is 2.67. The molecule has 0 aromatic heterocycles. The van der Waals surface area contributed by atoms with E-state index >= 15 is 0 Å². The van der Waals surface area contributed by atoms with Crippen molar-refractivity contribution >= 4 is 0 Å². The van der Waals surface area contributed by atoms with Crippen LogP contribution < -0.4 is 5.32 Å². The molecule has 1 aromatic rings. The van der Waals surface area contributed by atoms with E-state index < -0.39 is 0 Å². The van der Waals surface area contributed by atoms with E-state index in [9.17, 15) is 4.39 Å². The van der Waals surface area contributed by atoms with Crippen molar-refractivity contribution in [2.24, 2.45) is 5.92 Å². The van der Waals surface area contributed by atoms with Gasteiger partial charge >= 0.3 is 0 Å². The van der Waals surface area contributed by atoms with Gasteiger partial charge in [0.25, 0.3) is 0 Å². The smallest absolute Gasteiger partial charge is 0.123 e. The second kappa shape index (κ2) is 3.46. The Kier molecular flexibility index (Phi) is 2.32. The average molecular weight is 179 g/mol. The lowest BCUT2D eigenvalue weighted by molar-refractivity contribution is 0.624. The number of nitrogens with one attached hydrogen (secondary N) is 1. The van der Waals surface area contributed by atoms with Crippen LogP contribution in [-0.4, -0.2) is 13.6 Å². The highest BCUT2D eigenvalue weighted by Gasteiger charge is 2.37. The fraction of sp³-hybridized carbons (Fsp3) is 0.455. The lowest BCUT2D eigenvalue weighted by atomic mass is 10.1. The van der Waals surface area contributed by atoms with Gasteiger partial charge < -0.3 is 5.32 Å². The predicted molar refractivity (Wildman–Crippen MR) is 51.2 cm³/mol. The zero-order chi connectivity index (χ0) is 9.26. The summed E-state index contributed by atoms with van der Waals surface area (Å²) in [4.78, 5) is 0. The third kappa shape index (κ3) is 1.89. The van der Waals surface area contributed by atoms with E-state index in [-0.39, 0.29) is 5.82 Å². The maximum absolute atomic E-state index is 12.9. The first-order valence-corrected chi connectivity index (χ1v) is 4.71. The third-order valence-corrected chi connectivity index (χ3v) is 2.67. The summed E-state index contributed by atoms with van der Waals surface area (Å²) >= 11 is 0. The van der Waals surface area contributed by atoms with E-state index in [0.29, 0.717) is 11.8 Å². The molecule has 0 amide bonds. The van der Waals surface area contributed by atoms with Crippen LogP contribution in [0.3, 0.4) is 0 Å². The van der Waals surface area contributed by atoms with Crippen molar-refractivity contribution in [1.29, 1.82) is 0 Å². The van der Waals surface area contributed by atoms with Crippen LogP contribution in [0.15, 0.2) is 24.3 Å². The highest BCUT2D eigenvalue weighted by atomic mass is 19.1. The van der Waals surface area contributed by atoms with E-state index in [0.717, 1.165) is 12.1 Å². The minimum atomic E-state index is -0.118. The maximum atomic E-state index is 12.9. The Morgan fingerprint density at radius 3 is 3.08 bits per heavy atom. The van der Waals surface area contributed by atoms with Crippen molar-refractivity contribution < 1.29 is 4.39 Å². The number of hydrogen-bond acceptors (Lipinski definition) is 1. The molecule has 1 saturated carbocycles. The van der Waals surface area contributed by atoms with Gasteiger partial charge in [-0.15, -0.1) is 0 Å². The Hall–Kier alpha value is -0.890. The topological polar surface area (TPSA) is 12.0 Å². The summed E-state index contributed by atoms with van der Waals surface area (Å²) < 4.78 is 12.9. The van der Waals surface area contributed by atoms with Gasteiger partial charge in [-0.25, -0.2) is 4.39 Å². The Bertz CT molecular complexity index is 298. The van der Waals surface area contributed by atoms with Crippen LogP contribution in [-0.2, 0) is 0 Å². The second-order valence-corrected chi connectivity index (χ2v) is 3.71. The van der Waals surface area contributed by atoms with Gasteiger partial charge in [-0.2, -0.15) is 0 Å². The second-order valence-electron chi connectivity index (χ2n) is 3.71. The quantitative estimate of drug-likeness (QED) is 0.749. The lowest BCUT2D eigenvalue weighted by Crippen LogP contribution is -2.10. The van der Waals surface area contributed by atoms with Crippen LogP contribution in [0.2, 0.25) is 0 Å². The molecule has 0 aliphatic heterocycles. The van der Waals surface area contributed by atoms with Gasteiger partial charge in [-0.1, -0.05) is 12.1 Å². The van der Waals surface area contributed by atoms with E-state index in [1.54, 1.807) is 12.1 Å². The minimum absolute atomic E-state index is 0.118. The van der Waals surface area contributed by atoms with Crippen LogP contribution in [0.4, 0.5) is 4.39 Å². The van der Waals surface area contributed by atoms with Gasteiger partial charge in [0.05, 0.1) is 0 Å². The highest BCUT2D eigenvalue weighted by Crippen LogP contribution is 2.46. The summed E-state index contributed by atoms with van der Waals surface area (Å²) in [6.07, 6.45) is 1.20. The summed E-state index contributed by atoms with van der Waals surface area (Å²) in [7, 11) is 1.96. The van der Waals surface area contributed by atoms with Gasteiger partial charge in [0.15, 0.2) is 0 Å². The standard InChI is InChI=1S/C11H14FN/c1-13-7-9-6-11(9)8-3-2-4-10(12)5-8/h2-5,9,11,13H,6-7H2,1H3/t9-,11-/m1/s1. The number of benzene rings is 1.